The van der Waals surface area contributed by atoms with Crippen LogP contribution >= 0.6 is 15.9 Å². The van der Waals surface area contributed by atoms with Crippen LogP contribution in [0.25, 0.3) is 0 Å². The molecule has 86 valence electrons. The Morgan fingerprint density at radius 2 is 2.00 bits per heavy atom. The Balaban J connectivity index is 3.27. The summed E-state index contributed by atoms with van der Waals surface area (Å²) in [5.41, 5.74) is 1.71. The number of carbonyl (C=O) groups is 2. The van der Waals surface area contributed by atoms with Gasteiger partial charge in [0.25, 0.3) is 0 Å². The molecule has 0 fully saturated rings. The Hall–Kier alpha value is -1.36. The van der Waals surface area contributed by atoms with Crippen LogP contribution < -0.4 is 5.32 Å². The molecule has 0 unspecified atom stereocenters. The molecular weight excluding hydrogens is 274 g/mol. The lowest BCUT2D eigenvalue weighted by Crippen LogP contribution is -2.12. The number of amides is 1. The van der Waals surface area contributed by atoms with E-state index in [9.17, 15) is 9.59 Å². The summed E-state index contributed by atoms with van der Waals surface area (Å²) in [5.74, 6) is -0.712. The molecule has 0 bridgehead atoms. The lowest BCUT2D eigenvalue weighted by molar-refractivity contribution is -0.114. The summed E-state index contributed by atoms with van der Waals surface area (Å²) < 4.78 is 5.44. The fraction of sp³-hybridized carbons (Fsp3) is 0.273. The van der Waals surface area contributed by atoms with E-state index in [2.05, 4.69) is 26.0 Å². The molecule has 1 amide bonds. The van der Waals surface area contributed by atoms with Crippen molar-refractivity contribution in [3.05, 3.63) is 27.7 Å². The summed E-state index contributed by atoms with van der Waals surface area (Å²) in [4.78, 5) is 22.5. The first-order valence-electron chi connectivity index (χ1n) is 4.61. The molecule has 0 aliphatic heterocycles. The standard InChI is InChI=1S/C11H12BrNO3/c1-6-4-10(13-7(2)14)8(5-9(6)12)11(15)16-3/h4-5H,1-3H3,(H,13,14). The highest BCUT2D eigenvalue weighted by molar-refractivity contribution is 9.10. The number of methoxy groups -OCH3 is 1. The molecule has 0 spiro atoms. The van der Waals surface area contributed by atoms with Gasteiger partial charge in [0.2, 0.25) is 5.91 Å². The van der Waals surface area contributed by atoms with Gasteiger partial charge in [-0.05, 0) is 24.6 Å². The predicted octanol–water partition coefficient (Wildman–Crippen LogP) is 2.50. The van der Waals surface area contributed by atoms with Gasteiger partial charge in [-0.1, -0.05) is 15.9 Å². The quantitative estimate of drug-likeness (QED) is 0.850. The molecular formula is C11H12BrNO3. The number of carbonyl (C=O) groups excluding carboxylic acids is 2. The molecule has 16 heavy (non-hydrogen) atoms. The molecule has 4 nitrogen and oxygen atoms in total. The van der Waals surface area contributed by atoms with Crippen molar-refractivity contribution in [1.29, 1.82) is 0 Å². The van der Waals surface area contributed by atoms with Gasteiger partial charge in [-0.3, -0.25) is 4.79 Å². The monoisotopic (exact) mass is 285 g/mol. The summed E-state index contributed by atoms with van der Waals surface area (Å²) >= 11 is 3.32. The van der Waals surface area contributed by atoms with Crippen LogP contribution in [0.3, 0.4) is 0 Å². The molecule has 0 aliphatic rings. The van der Waals surface area contributed by atoms with E-state index in [1.54, 1.807) is 12.1 Å². The summed E-state index contributed by atoms with van der Waals surface area (Å²) in [6.07, 6.45) is 0. The molecule has 0 aliphatic carbocycles. The highest BCUT2D eigenvalue weighted by Gasteiger charge is 2.14. The Bertz CT molecular complexity index is 443. The lowest BCUT2D eigenvalue weighted by atomic mass is 10.1. The zero-order valence-corrected chi connectivity index (χ0v) is 10.8. The van der Waals surface area contributed by atoms with Crippen LogP contribution in [0, 0.1) is 6.92 Å². The summed E-state index contributed by atoms with van der Waals surface area (Å²) in [6, 6.07) is 3.35. The Morgan fingerprint density at radius 3 is 2.50 bits per heavy atom. The fourth-order valence-electron chi connectivity index (χ4n) is 1.25. The smallest absolute Gasteiger partial charge is 0.340 e. The summed E-state index contributed by atoms with van der Waals surface area (Å²) in [6.45, 7) is 3.26. The number of nitrogens with one attached hydrogen (secondary N) is 1. The van der Waals surface area contributed by atoms with Crippen molar-refractivity contribution < 1.29 is 14.3 Å². The van der Waals surface area contributed by atoms with Crippen LogP contribution in [0.5, 0.6) is 0 Å². The van der Waals surface area contributed by atoms with Gasteiger partial charge in [0.15, 0.2) is 0 Å². The van der Waals surface area contributed by atoms with Gasteiger partial charge in [0.1, 0.15) is 0 Å². The van der Waals surface area contributed by atoms with Gasteiger partial charge in [0, 0.05) is 11.4 Å². The first kappa shape index (κ1) is 12.7. The number of esters is 1. The average molecular weight is 286 g/mol. The second kappa shape index (κ2) is 5.12. The van der Waals surface area contributed by atoms with Crippen LogP contribution in [0.15, 0.2) is 16.6 Å². The maximum Gasteiger partial charge on any atom is 0.340 e. The first-order valence-corrected chi connectivity index (χ1v) is 5.41. The Labute approximate surface area is 102 Å². The van der Waals surface area contributed by atoms with Crippen molar-refractivity contribution >= 4 is 33.5 Å². The maximum absolute atomic E-state index is 11.5. The number of hydrogen-bond donors (Lipinski definition) is 1. The van der Waals surface area contributed by atoms with E-state index in [-0.39, 0.29) is 5.91 Å². The fourth-order valence-corrected chi connectivity index (χ4v) is 1.60. The number of ether oxygens (including phenoxy) is 1. The third-order valence-corrected chi connectivity index (χ3v) is 2.87. The summed E-state index contributed by atoms with van der Waals surface area (Å²) in [7, 11) is 1.30. The van der Waals surface area contributed by atoms with Crippen LogP contribution in [0.2, 0.25) is 0 Å². The number of rotatable bonds is 2. The van der Waals surface area contributed by atoms with Crippen molar-refractivity contribution in [2.45, 2.75) is 13.8 Å². The molecule has 1 N–H and O–H groups in total. The van der Waals surface area contributed by atoms with Gasteiger partial charge >= 0.3 is 5.97 Å². The lowest BCUT2D eigenvalue weighted by Gasteiger charge is -2.10. The largest absolute Gasteiger partial charge is 0.465 e. The number of anilines is 1. The van der Waals surface area contributed by atoms with Gasteiger partial charge in [-0.2, -0.15) is 0 Å². The van der Waals surface area contributed by atoms with E-state index in [0.29, 0.717) is 11.3 Å². The predicted molar refractivity (Wildman–Crippen MR) is 64.5 cm³/mol. The molecule has 0 heterocycles. The molecule has 1 aromatic rings. The molecule has 0 atom stereocenters. The van der Waals surface area contributed by atoms with E-state index in [0.717, 1.165) is 10.0 Å². The number of aryl methyl sites for hydroxylation is 1. The molecule has 5 heteroatoms. The minimum atomic E-state index is -0.482. The van der Waals surface area contributed by atoms with E-state index >= 15 is 0 Å². The highest BCUT2D eigenvalue weighted by Crippen LogP contribution is 2.25. The van der Waals surface area contributed by atoms with Crippen LogP contribution in [-0.2, 0) is 9.53 Å². The number of hydrogen-bond acceptors (Lipinski definition) is 3. The van der Waals surface area contributed by atoms with E-state index in [1.165, 1.54) is 14.0 Å². The van der Waals surface area contributed by atoms with Gasteiger partial charge < -0.3 is 10.1 Å². The number of halogens is 1. The third kappa shape index (κ3) is 2.82. The Kier molecular flexibility index (Phi) is 4.06. The molecule has 0 saturated carbocycles. The van der Waals surface area contributed by atoms with Crippen LogP contribution in [0.4, 0.5) is 5.69 Å². The van der Waals surface area contributed by atoms with Crippen LogP contribution in [0.1, 0.15) is 22.8 Å². The third-order valence-electron chi connectivity index (χ3n) is 2.01. The summed E-state index contributed by atoms with van der Waals surface area (Å²) in [5, 5.41) is 2.60. The zero-order chi connectivity index (χ0) is 12.3. The normalized spacial score (nSPS) is 9.75. The molecule has 0 saturated heterocycles. The molecule has 1 aromatic carbocycles. The van der Waals surface area contributed by atoms with Gasteiger partial charge in [0.05, 0.1) is 18.4 Å². The average Bonchev–Trinajstić information content (AvgIpc) is 2.21. The maximum atomic E-state index is 11.5. The molecule has 1 rings (SSSR count). The van der Waals surface area contributed by atoms with E-state index < -0.39 is 5.97 Å². The second-order valence-corrected chi connectivity index (χ2v) is 4.17. The Morgan fingerprint density at radius 1 is 1.38 bits per heavy atom. The molecule has 0 aromatic heterocycles. The van der Waals surface area contributed by atoms with Crippen molar-refractivity contribution in [3.63, 3.8) is 0 Å². The van der Waals surface area contributed by atoms with Crippen molar-refractivity contribution in [1.82, 2.24) is 0 Å². The van der Waals surface area contributed by atoms with Gasteiger partial charge in [-0.25, -0.2) is 4.79 Å². The second-order valence-electron chi connectivity index (χ2n) is 3.32. The van der Waals surface area contributed by atoms with Crippen molar-refractivity contribution in [3.8, 4) is 0 Å². The van der Waals surface area contributed by atoms with E-state index in [1.807, 2.05) is 6.92 Å². The van der Waals surface area contributed by atoms with Crippen molar-refractivity contribution in [2.75, 3.05) is 12.4 Å². The van der Waals surface area contributed by atoms with E-state index in [4.69, 9.17) is 0 Å². The zero-order valence-electron chi connectivity index (χ0n) is 9.26. The highest BCUT2D eigenvalue weighted by atomic mass is 79.9. The molecule has 0 radical (unpaired) electrons. The minimum Gasteiger partial charge on any atom is -0.465 e. The van der Waals surface area contributed by atoms with Crippen LogP contribution in [-0.4, -0.2) is 19.0 Å². The topological polar surface area (TPSA) is 55.4 Å². The van der Waals surface area contributed by atoms with Crippen molar-refractivity contribution in [2.24, 2.45) is 0 Å². The minimum absolute atomic E-state index is 0.230. The SMILES string of the molecule is COC(=O)c1cc(Br)c(C)cc1NC(C)=O. The first-order chi connectivity index (χ1) is 7.45. The number of benzene rings is 1. The van der Waals surface area contributed by atoms with Gasteiger partial charge in [-0.15, -0.1) is 0 Å².